The quantitative estimate of drug-likeness (QED) is 0.652. The van der Waals surface area contributed by atoms with Crippen LogP contribution >= 0.6 is 0 Å². The zero-order chi connectivity index (χ0) is 22.5. The SMILES string of the molecule is COc1ccccc1CN1C[C@H](C(=O)N2CCC(C(=O)c3ccccc3)CC2)CCC1=O. The lowest BCUT2D eigenvalue weighted by Gasteiger charge is -2.37. The second-order valence-electron chi connectivity index (χ2n) is 8.65. The molecule has 0 aromatic heterocycles. The van der Waals surface area contributed by atoms with E-state index >= 15 is 0 Å². The average Bonchev–Trinajstić information content (AvgIpc) is 2.85. The van der Waals surface area contributed by atoms with Crippen molar-refractivity contribution in [3.63, 3.8) is 0 Å². The minimum atomic E-state index is -0.191. The van der Waals surface area contributed by atoms with Crippen LogP contribution in [0.2, 0.25) is 0 Å². The Morgan fingerprint density at radius 2 is 1.62 bits per heavy atom. The van der Waals surface area contributed by atoms with Crippen molar-refractivity contribution >= 4 is 17.6 Å². The molecule has 32 heavy (non-hydrogen) atoms. The van der Waals surface area contributed by atoms with Gasteiger partial charge in [-0.2, -0.15) is 0 Å². The number of amides is 2. The Labute approximate surface area is 189 Å². The molecular weight excluding hydrogens is 404 g/mol. The summed E-state index contributed by atoms with van der Waals surface area (Å²) < 4.78 is 5.41. The van der Waals surface area contributed by atoms with Crippen LogP contribution in [-0.4, -0.2) is 54.1 Å². The Bertz CT molecular complexity index is 967. The van der Waals surface area contributed by atoms with E-state index < -0.39 is 0 Å². The van der Waals surface area contributed by atoms with Crippen LogP contribution in [0.15, 0.2) is 54.6 Å². The highest BCUT2D eigenvalue weighted by Gasteiger charge is 2.35. The molecule has 6 heteroatoms. The van der Waals surface area contributed by atoms with Gasteiger partial charge < -0.3 is 14.5 Å². The highest BCUT2D eigenvalue weighted by molar-refractivity contribution is 5.98. The first-order valence-corrected chi connectivity index (χ1v) is 11.3. The summed E-state index contributed by atoms with van der Waals surface area (Å²) in [6.07, 6.45) is 2.35. The monoisotopic (exact) mass is 434 g/mol. The molecule has 4 rings (SSSR count). The fraction of sp³-hybridized carbons (Fsp3) is 0.423. The van der Waals surface area contributed by atoms with Gasteiger partial charge in [0.15, 0.2) is 5.78 Å². The normalized spacial score (nSPS) is 19.7. The molecule has 2 aliphatic heterocycles. The van der Waals surface area contributed by atoms with Crippen molar-refractivity contribution < 1.29 is 19.1 Å². The van der Waals surface area contributed by atoms with Gasteiger partial charge in [-0.25, -0.2) is 0 Å². The summed E-state index contributed by atoms with van der Waals surface area (Å²) in [6.45, 7) is 2.07. The van der Waals surface area contributed by atoms with E-state index in [-0.39, 0.29) is 29.4 Å². The molecule has 2 aliphatic rings. The van der Waals surface area contributed by atoms with Gasteiger partial charge in [0.1, 0.15) is 5.75 Å². The zero-order valence-electron chi connectivity index (χ0n) is 18.5. The van der Waals surface area contributed by atoms with Crippen molar-refractivity contribution in [1.82, 2.24) is 9.80 Å². The van der Waals surface area contributed by atoms with E-state index in [1.54, 1.807) is 12.0 Å². The fourth-order valence-electron chi connectivity index (χ4n) is 4.77. The molecule has 2 saturated heterocycles. The number of Topliss-reactive ketones (excluding diaryl/α,β-unsaturated/α-hetero) is 1. The van der Waals surface area contributed by atoms with Crippen LogP contribution in [0.25, 0.3) is 0 Å². The largest absolute Gasteiger partial charge is 0.496 e. The summed E-state index contributed by atoms with van der Waals surface area (Å²) in [4.78, 5) is 42.1. The lowest BCUT2D eigenvalue weighted by atomic mass is 9.87. The van der Waals surface area contributed by atoms with Crippen LogP contribution in [0.3, 0.4) is 0 Å². The predicted octanol–water partition coefficient (Wildman–Crippen LogP) is 3.56. The van der Waals surface area contributed by atoms with Crippen LogP contribution in [0.4, 0.5) is 0 Å². The molecule has 168 valence electrons. The predicted molar refractivity (Wildman–Crippen MR) is 121 cm³/mol. The summed E-state index contributed by atoms with van der Waals surface area (Å²) in [5.74, 6) is 0.878. The van der Waals surface area contributed by atoms with Crippen molar-refractivity contribution in [2.45, 2.75) is 32.2 Å². The first-order chi connectivity index (χ1) is 15.6. The van der Waals surface area contributed by atoms with Gasteiger partial charge in [0.25, 0.3) is 0 Å². The number of hydrogen-bond donors (Lipinski definition) is 0. The topological polar surface area (TPSA) is 66.9 Å². The van der Waals surface area contributed by atoms with Crippen LogP contribution in [0.5, 0.6) is 5.75 Å². The third-order valence-corrected chi connectivity index (χ3v) is 6.64. The van der Waals surface area contributed by atoms with Crippen molar-refractivity contribution in [2.24, 2.45) is 11.8 Å². The number of benzene rings is 2. The number of methoxy groups -OCH3 is 1. The van der Waals surface area contributed by atoms with Crippen LogP contribution in [-0.2, 0) is 16.1 Å². The van der Waals surface area contributed by atoms with Gasteiger partial charge >= 0.3 is 0 Å². The number of carbonyl (C=O) groups excluding carboxylic acids is 3. The summed E-state index contributed by atoms with van der Waals surface area (Å²) in [5, 5.41) is 0. The van der Waals surface area contributed by atoms with E-state index in [2.05, 4.69) is 0 Å². The van der Waals surface area contributed by atoms with E-state index in [0.717, 1.165) is 16.9 Å². The molecule has 6 nitrogen and oxygen atoms in total. The van der Waals surface area contributed by atoms with Crippen molar-refractivity contribution in [3.8, 4) is 5.75 Å². The molecule has 0 spiro atoms. The molecule has 0 saturated carbocycles. The molecule has 1 atom stereocenters. The fourth-order valence-corrected chi connectivity index (χ4v) is 4.77. The highest BCUT2D eigenvalue weighted by Crippen LogP contribution is 2.28. The summed E-state index contributed by atoms with van der Waals surface area (Å²) in [7, 11) is 1.62. The molecule has 0 radical (unpaired) electrons. The minimum absolute atomic E-state index is 0.0311. The van der Waals surface area contributed by atoms with Crippen molar-refractivity contribution in [3.05, 3.63) is 65.7 Å². The lowest BCUT2D eigenvalue weighted by Crippen LogP contribution is -2.49. The summed E-state index contributed by atoms with van der Waals surface area (Å²) >= 11 is 0. The number of ketones is 1. The van der Waals surface area contributed by atoms with E-state index in [1.807, 2.05) is 59.5 Å². The maximum Gasteiger partial charge on any atom is 0.227 e. The first-order valence-electron chi connectivity index (χ1n) is 11.3. The smallest absolute Gasteiger partial charge is 0.227 e. The molecule has 0 bridgehead atoms. The molecular formula is C26H30N2O4. The Balaban J connectivity index is 1.34. The van der Waals surface area contributed by atoms with Gasteiger partial charge in [-0.05, 0) is 25.3 Å². The molecule has 0 unspecified atom stereocenters. The second-order valence-corrected chi connectivity index (χ2v) is 8.65. The van der Waals surface area contributed by atoms with E-state index in [1.165, 1.54) is 0 Å². The van der Waals surface area contributed by atoms with Gasteiger partial charge in [0, 0.05) is 49.6 Å². The van der Waals surface area contributed by atoms with Gasteiger partial charge in [-0.1, -0.05) is 48.5 Å². The van der Waals surface area contributed by atoms with Gasteiger partial charge in [0.2, 0.25) is 11.8 Å². The Hall–Kier alpha value is -3.15. The van der Waals surface area contributed by atoms with E-state index in [9.17, 15) is 14.4 Å². The third kappa shape index (κ3) is 4.85. The third-order valence-electron chi connectivity index (χ3n) is 6.64. The molecule has 2 amide bonds. The first kappa shape index (κ1) is 22.1. The van der Waals surface area contributed by atoms with E-state index in [4.69, 9.17) is 4.74 Å². The zero-order valence-corrected chi connectivity index (χ0v) is 18.5. The molecule has 0 aliphatic carbocycles. The molecule has 0 N–H and O–H groups in total. The Morgan fingerprint density at radius 3 is 2.34 bits per heavy atom. The average molecular weight is 435 g/mol. The van der Waals surface area contributed by atoms with Crippen LogP contribution in [0.1, 0.15) is 41.6 Å². The number of para-hydroxylation sites is 1. The summed E-state index contributed by atoms with van der Waals surface area (Å²) in [6, 6.07) is 17.0. The number of carbonyl (C=O) groups is 3. The number of hydrogen-bond acceptors (Lipinski definition) is 4. The second kappa shape index (κ2) is 9.98. The number of ether oxygens (including phenoxy) is 1. The van der Waals surface area contributed by atoms with Crippen LogP contribution in [0, 0.1) is 11.8 Å². The molecule has 2 fully saturated rings. The minimum Gasteiger partial charge on any atom is -0.496 e. The van der Waals surface area contributed by atoms with Crippen LogP contribution < -0.4 is 4.74 Å². The molecule has 2 aromatic carbocycles. The number of likely N-dealkylation sites (tertiary alicyclic amines) is 2. The summed E-state index contributed by atoms with van der Waals surface area (Å²) in [5.41, 5.74) is 1.69. The molecule has 2 heterocycles. The van der Waals surface area contributed by atoms with Crippen molar-refractivity contribution in [1.29, 1.82) is 0 Å². The number of nitrogens with zero attached hydrogens (tertiary/aromatic N) is 2. The molecule has 2 aromatic rings. The van der Waals surface area contributed by atoms with Crippen molar-refractivity contribution in [2.75, 3.05) is 26.7 Å². The lowest BCUT2D eigenvalue weighted by molar-refractivity contribution is -0.144. The standard InChI is InChI=1S/C26H30N2O4/c1-32-23-10-6-5-9-21(23)17-28-18-22(11-12-24(28)29)26(31)27-15-13-20(14-16-27)25(30)19-7-3-2-4-8-19/h2-10,20,22H,11-18H2,1H3/t22-/m1/s1. The Morgan fingerprint density at radius 1 is 0.938 bits per heavy atom. The van der Waals surface area contributed by atoms with Gasteiger partial charge in [0.05, 0.1) is 13.0 Å². The van der Waals surface area contributed by atoms with Gasteiger partial charge in [-0.15, -0.1) is 0 Å². The number of piperidine rings is 2. The van der Waals surface area contributed by atoms with E-state index in [0.29, 0.717) is 51.9 Å². The highest BCUT2D eigenvalue weighted by atomic mass is 16.5. The number of rotatable bonds is 6. The maximum atomic E-state index is 13.2. The maximum absolute atomic E-state index is 13.2. The Kier molecular flexibility index (Phi) is 6.88. The van der Waals surface area contributed by atoms with Gasteiger partial charge in [-0.3, -0.25) is 14.4 Å².